The fourth-order valence-electron chi connectivity index (χ4n) is 1.77. The lowest BCUT2D eigenvalue weighted by molar-refractivity contribution is 0.169. The summed E-state index contributed by atoms with van der Waals surface area (Å²) in [4.78, 5) is 0. The van der Waals surface area contributed by atoms with Crippen LogP contribution in [0.1, 0.15) is 45.9 Å². The van der Waals surface area contributed by atoms with E-state index in [0.29, 0.717) is 24.9 Å². The van der Waals surface area contributed by atoms with E-state index in [1.807, 2.05) is 16.9 Å². The van der Waals surface area contributed by atoms with E-state index < -0.39 is 0 Å². The van der Waals surface area contributed by atoms with Crippen LogP contribution in [0.4, 0.5) is 0 Å². The van der Waals surface area contributed by atoms with Gasteiger partial charge in [-0.05, 0) is 31.9 Å². The molecule has 0 aromatic carbocycles. The molecule has 0 spiro atoms. The van der Waals surface area contributed by atoms with E-state index in [9.17, 15) is 5.11 Å². The minimum Gasteiger partial charge on any atom is -0.391 e. The van der Waals surface area contributed by atoms with Crippen molar-refractivity contribution in [3.05, 3.63) is 18.0 Å². The summed E-state index contributed by atoms with van der Waals surface area (Å²) in [5.74, 6) is 0.613. The lowest BCUT2D eigenvalue weighted by atomic mass is 10.2. The molecule has 0 aliphatic carbocycles. The van der Waals surface area contributed by atoms with E-state index in [-0.39, 0.29) is 6.10 Å². The van der Waals surface area contributed by atoms with Crippen LogP contribution in [0.15, 0.2) is 12.3 Å². The molecule has 0 aliphatic heterocycles. The quantitative estimate of drug-likeness (QED) is 0.745. The molecule has 1 aromatic heterocycles. The number of aromatic nitrogens is 2. The number of hydrogen-bond acceptors (Lipinski definition) is 3. The van der Waals surface area contributed by atoms with Crippen molar-refractivity contribution in [2.45, 2.75) is 52.7 Å². The van der Waals surface area contributed by atoms with Crippen LogP contribution in [0.5, 0.6) is 0 Å². The van der Waals surface area contributed by atoms with Gasteiger partial charge in [0.05, 0.1) is 11.8 Å². The Morgan fingerprint density at radius 1 is 1.33 bits per heavy atom. The molecule has 4 nitrogen and oxygen atoms in total. The van der Waals surface area contributed by atoms with E-state index >= 15 is 0 Å². The maximum Gasteiger partial charge on any atom is 0.0720 e. The highest BCUT2D eigenvalue weighted by Crippen LogP contribution is 2.10. The van der Waals surface area contributed by atoms with Gasteiger partial charge in [0.1, 0.15) is 0 Å². The van der Waals surface area contributed by atoms with Crippen molar-refractivity contribution in [3.8, 4) is 0 Å². The molecule has 0 saturated heterocycles. The predicted octanol–water partition coefficient (Wildman–Crippen LogP) is 2.00. The number of nitrogens with one attached hydrogen (secondary N) is 1. The first-order valence-electron chi connectivity index (χ1n) is 6.95. The van der Waals surface area contributed by atoms with Crippen molar-refractivity contribution in [1.82, 2.24) is 15.1 Å². The summed E-state index contributed by atoms with van der Waals surface area (Å²) in [7, 11) is 0. The molecule has 1 aromatic rings. The van der Waals surface area contributed by atoms with Crippen LogP contribution < -0.4 is 5.32 Å². The summed E-state index contributed by atoms with van der Waals surface area (Å²) in [6.45, 7) is 10.2. The highest BCUT2D eigenvalue weighted by atomic mass is 16.3. The van der Waals surface area contributed by atoms with Crippen LogP contribution in [0.3, 0.4) is 0 Å². The molecule has 0 amide bonds. The third-order valence-corrected chi connectivity index (χ3v) is 3.08. The van der Waals surface area contributed by atoms with Crippen LogP contribution in [0.25, 0.3) is 0 Å². The first kappa shape index (κ1) is 15.2. The van der Waals surface area contributed by atoms with Gasteiger partial charge in [0.15, 0.2) is 0 Å². The van der Waals surface area contributed by atoms with E-state index in [1.54, 1.807) is 0 Å². The molecule has 2 N–H and O–H groups in total. The molecule has 1 rings (SSSR count). The molecule has 0 radical (unpaired) electrons. The summed E-state index contributed by atoms with van der Waals surface area (Å²) in [5, 5.41) is 17.7. The van der Waals surface area contributed by atoms with Gasteiger partial charge >= 0.3 is 0 Å². The van der Waals surface area contributed by atoms with Gasteiger partial charge in [-0.1, -0.05) is 20.8 Å². The maximum absolute atomic E-state index is 9.91. The van der Waals surface area contributed by atoms with Gasteiger partial charge in [0, 0.05) is 25.2 Å². The lowest BCUT2D eigenvalue weighted by Gasteiger charge is -2.12. The van der Waals surface area contributed by atoms with Crippen LogP contribution in [0, 0.1) is 5.92 Å². The zero-order chi connectivity index (χ0) is 13.5. The molecule has 2 unspecified atom stereocenters. The van der Waals surface area contributed by atoms with Gasteiger partial charge in [0.2, 0.25) is 0 Å². The zero-order valence-corrected chi connectivity index (χ0v) is 12.1. The topological polar surface area (TPSA) is 50.1 Å². The summed E-state index contributed by atoms with van der Waals surface area (Å²) < 4.78 is 1.98. The highest BCUT2D eigenvalue weighted by molar-refractivity contribution is 5.01. The van der Waals surface area contributed by atoms with Gasteiger partial charge < -0.3 is 10.4 Å². The van der Waals surface area contributed by atoms with Crippen molar-refractivity contribution in [2.75, 3.05) is 13.1 Å². The van der Waals surface area contributed by atoms with Crippen molar-refractivity contribution in [3.63, 3.8) is 0 Å². The number of nitrogens with zero attached hydrogens (tertiary/aromatic N) is 2. The number of hydrogen-bond donors (Lipinski definition) is 2. The average molecular weight is 253 g/mol. The Morgan fingerprint density at radius 2 is 2.06 bits per heavy atom. The Balaban J connectivity index is 2.35. The summed E-state index contributed by atoms with van der Waals surface area (Å²) in [5.41, 5.74) is 0.967. The van der Waals surface area contributed by atoms with Gasteiger partial charge in [-0.25, -0.2) is 0 Å². The second-order valence-electron chi connectivity index (χ2n) is 5.45. The average Bonchev–Trinajstić information content (AvgIpc) is 2.76. The molecule has 1 heterocycles. The van der Waals surface area contributed by atoms with Gasteiger partial charge in [0.25, 0.3) is 0 Å². The molecular formula is C14H27N3O. The molecule has 0 fully saturated rings. The number of rotatable bonds is 8. The summed E-state index contributed by atoms with van der Waals surface area (Å²) in [6, 6.07) is 2.42. The van der Waals surface area contributed by atoms with E-state index in [0.717, 1.165) is 18.7 Å². The predicted molar refractivity (Wildman–Crippen MR) is 74.6 cm³/mol. The minimum atomic E-state index is -0.357. The third-order valence-electron chi connectivity index (χ3n) is 3.08. The van der Waals surface area contributed by atoms with Crippen LogP contribution in [0.2, 0.25) is 0 Å². The van der Waals surface area contributed by atoms with E-state index in [1.165, 1.54) is 0 Å². The Labute approximate surface area is 110 Å². The smallest absolute Gasteiger partial charge is 0.0720 e. The van der Waals surface area contributed by atoms with E-state index in [4.69, 9.17) is 0 Å². The molecule has 18 heavy (non-hydrogen) atoms. The molecule has 4 heteroatoms. The number of aliphatic hydroxyl groups is 1. The van der Waals surface area contributed by atoms with Crippen molar-refractivity contribution < 1.29 is 5.11 Å². The monoisotopic (exact) mass is 253 g/mol. The normalized spacial score (nSPS) is 15.0. The molecule has 2 atom stereocenters. The van der Waals surface area contributed by atoms with Gasteiger partial charge in [-0.3, -0.25) is 4.68 Å². The first-order chi connectivity index (χ1) is 8.52. The Kier molecular flexibility index (Phi) is 6.36. The van der Waals surface area contributed by atoms with Crippen molar-refractivity contribution >= 4 is 0 Å². The zero-order valence-electron chi connectivity index (χ0n) is 12.1. The minimum absolute atomic E-state index is 0.357. The first-order valence-corrected chi connectivity index (χ1v) is 6.95. The highest BCUT2D eigenvalue weighted by Gasteiger charge is 2.09. The molecule has 0 saturated carbocycles. The SMILES string of the molecule is CCC(C)n1ccc(CC(O)CNCC(C)C)n1. The Bertz CT molecular complexity index is 336. The third kappa shape index (κ3) is 5.19. The van der Waals surface area contributed by atoms with Gasteiger partial charge in [-0.2, -0.15) is 5.10 Å². The van der Waals surface area contributed by atoms with Crippen molar-refractivity contribution in [1.29, 1.82) is 0 Å². The van der Waals surface area contributed by atoms with E-state index in [2.05, 4.69) is 38.1 Å². The second-order valence-corrected chi connectivity index (χ2v) is 5.45. The molecular weight excluding hydrogens is 226 g/mol. The molecule has 104 valence electrons. The second kappa shape index (κ2) is 7.54. The van der Waals surface area contributed by atoms with Crippen LogP contribution >= 0.6 is 0 Å². The Morgan fingerprint density at radius 3 is 2.67 bits per heavy atom. The fourth-order valence-corrected chi connectivity index (χ4v) is 1.77. The Hall–Kier alpha value is -0.870. The summed E-state index contributed by atoms with van der Waals surface area (Å²) in [6.07, 6.45) is 3.33. The summed E-state index contributed by atoms with van der Waals surface area (Å²) >= 11 is 0. The molecule has 0 aliphatic rings. The largest absolute Gasteiger partial charge is 0.391 e. The van der Waals surface area contributed by atoms with Crippen molar-refractivity contribution in [2.24, 2.45) is 5.92 Å². The van der Waals surface area contributed by atoms with Crippen LogP contribution in [-0.2, 0) is 6.42 Å². The van der Waals surface area contributed by atoms with Crippen LogP contribution in [-0.4, -0.2) is 34.1 Å². The standard InChI is InChI=1S/C14H27N3O/c1-5-12(4)17-7-6-13(16-17)8-14(18)10-15-9-11(2)3/h6-7,11-12,14-15,18H,5,8-10H2,1-4H3. The maximum atomic E-state index is 9.91. The number of aliphatic hydroxyl groups excluding tert-OH is 1. The van der Waals surface area contributed by atoms with Gasteiger partial charge in [-0.15, -0.1) is 0 Å². The molecule has 0 bridgehead atoms. The lowest BCUT2D eigenvalue weighted by Crippen LogP contribution is -2.31. The fraction of sp³-hybridized carbons (Fsp3) is 0.786.